The Morgan fingerprint density at radius 1 is 1.63 bits per heavy atom. The van der Waals surface area contributed by atoms with E-state index in [4.69, 9.17) is 0 Å². The normalized spacial score (nSPS) is 27.7. The number of fused-ring (bicyclic) bond motifs is 1. The molecule has 1 saturated carbocycles. The molecule has 1 aliphatic carbocycles. The summed E-state index contributed by atoms with van der Waals surface area (Å²) in [6.07, 6.45) is 2.23. The van der Waals surface area contributed by atoms with Crippen LogP contribution < -0.4 is 5.32 Å². The zero-order valence-corrected chi connectivity index (χ0v) is 12.5. The third-order valence-electron chi connectivity index (χ3n) is 4.48. The summed E-state index contributed by atoms with van der Waals surface area (Å²) in [5.74, 6) is 1.14. The van der Waals surface area contributed by atoms with Gasteiger partial charge in [0, 0.05) is 36.5 Å². The van der Waals surface area contributed by atoms with E-state index in [1.807, 2.05) is 11.3 Å². The van der Waals surface area contributed by atoms with Gasteiger partial charge in [0.05, 0.1) is 0 Å². The Balaban J connectivity index is 1.48. The molecule has 1 amide bonds. The lowest BCUT2D eigenvalue weighted by Gasteiger charge is -2.32. The Hall–Kier alpha value is -0.870. The van der Waals surface area contributed by atoms with Crippen molar-refractivity contribution in [2.45, 2.75) is 39.3 Å². The van der Waals surface area contributed by atoms with Gasteiger partial charge in [-0.1, -0.05) is 6.92 Å². The average molecular weight is 278 g/mol. The second kappa shape index (κ2) is 5.25. The smallest absolute Gasteiger partial charge is 0.223 e. The van der Waals surface area contributed by atoms with Gasteiger partial charge >= 0.3 is 0 Å². The van der Waals surface area contributed by atoms with Crippen molar-refractivity contribution < 1.29 is 4.79 Å². The summed E-state index contributed by atoms with van der Waals surface area (Å²) in [5, 5.41) is 5.30. The first-order valence-corrected chi connectivity index (χ1v) is 8.10. The van der Waals surface area contributed by atoms with Gasteiger partial charge in [-0.3, -0.25) is 9.69 Å². The van der Waals surface area contributed by atoms with Crippen molar-refractivity contribution >= 4 is 17.2 Å². The van der Waals surface area contributed by atoms with E-state index in [2.05, 4.69) is 35.5 Å². The minimum Gasteiger partial charge on any atom is -0.354 e. The van der Waals surface area contributed by atoms with E-state index in [9.17, 15) is 4.79 Å². The van der Waals surface area contributed by atoms with Crippen LogP contribution in [0.4, 0.5) is 0 Å². The van der Waals surface area contributed by atoms with Gasteiger partial charge in [0.1, 0.15) is 0 Å². The van der Waals surface area contributed by atoms with Gasteiger partial charge < -0.3 is 5.32 Å². The lowest BCUT2D eigenvalue weighted by atomic mass is 10.1. The number of carbonyl (C=O) groups is 1. The summed E-state index contributed by atoms with van der Waals surface area (Å²) in [4.78, 5) is 15.9. The van der Waals surface area contributed by atoms with Crippen LogP contribution in [0.3, 0.4) is 0 Å². The number of amides is 1. The van der Waals surface area contributed by atoms with E-state index in [0.29, 0.717) is 12.0 Å². The highest BCUT2D eigenvalue weighted by Gasteiger charge is 2.39. The minimum atomic E-state index is 0.257. The molecule has 3 nitrogen and oxygen atoms in total. The highest BCUT2D eigenvalue weighted by Crippen LogP contribution is 2.37. The van der Waals surface area contributed by atoms with Crippen LogP contribution in [0.25, 0.3) is 0 Å². The lowest BCUT2D eigenvalue weighted by molar-refractivity contribution is -0.122. The minimum absolute atomic E-state index is 0.257. The monoisotopic (exact) mass is 278 g/mol. The molecule has 3 atom stereocenters. The molecule has 3 unspecified atom stereocenters. The van der Waals surface area contributed by atoms with Crippen molar-refractivity contribution in [3.05, 3.63) is 21.9 Å². The molecule has 104 valence electrons. The second-order valence-electron chi connectivity index (χ2n) is 6.00. The number of nitrogens with one attached hydrogen (secondary N) is 1. The maximum atomic E-state index is 11.8. The van der Waals surface area contributed by atoms with Crippen molar-refractivity contribution in [1.82, 2.24) is 10.2 Å². The van der Waals surface area contributed by atoms with Gasteiger partial charge in [0.2, 0.25) is 5.91 Å². The Kier molecular flexibility index (Phi) is 3.63. The highest BCUT2D eigenvalue weighted by molar-refractivity contribution is 7.10. The maximum absolute atomic E-state index is 11.8. The molecule has 1 aliphatic heterocycles. The number of nitrogens with zero attached hydrogens (tertiary/aromatic N) is 1. The van der Waals surface area contributed by atoms with E-state index in [-0.39, 0.29) is 11.8 Å². The van der Waals surface area contributed by atoms with Crippen LogP contribution in [-0.2, 0) is 17.8 Å². The molecule has 0 spiro atoms. The molecule has 4 heteroatoms. The summed E-state index contributed by atoms with van der Waals surface area (Å²) >= 11 is 1.87. The molecular weight excluding hydrogens is 256 g/mol. The van der Waals surface area contributed by atoms with Gasteiger partial charge in [-0.15, -0.1) is 11.3 Å². The molecular formula is C15H22N2OS. The zero-order valence-electron chi connectivity index (χ0n) is 11.7. The molecule has 1 N–H and O–H groups in total. The zero-order chi connectivity index (χ0) is 13.4. The molecule has 2 heterocycles. The van der Waals surface area contributed by atoms with Crippen LogP contribution in [-0.4, -0.2) is 29.9 Å². The van der Waals surface area contributed by atoms with E-state index in [1.54, 1.807) is 4.88 Å². The van der Waals surface area contributed by atoms with Gasteiger partial charge in [-0.25, -0.2) is 0 Å². The number of carbonyl (C=O) groups excluding carboxylic acids is 1. The van der Waals surface area contributed by atoms with E-state index >= 15 is 0 Å². The third kappa shape index (κ3) is 2.84. The molecule has 1 aromatic rings. The molecule has 0 saturated heterocycles. The van der Waals surface area contributed by atoms with Gasteiger partial charge in [0.25, 0.3) is 0 Å². The van der Waals surface area contributed by atoms with Gasteiger partial charge in [-0.2, -0.15) is 0 Å². The SMILES string of the molecule is CC1CC1C(=O)NCC(C)N1CCc2sccc2C1. The van der Waals surface area contributed by atoms with Crippen LogP contribution in [0.1, 0.15) is 30.7 Å². The predicted octanol–water partition coefficient (Wildman–Crippen LogP) is 2.27. The third-order valence-corrected chi connectivity index (χ3v) is 5.50. The molecule has 0 aromatic carbocycles. The Bertz CT molecular complexity index is 470. The number of hydrogen-bond donors (Lipinski definition) is 1. The quantitative estimate of drug-likeness (QED) is 0.916. The molecule has 2 aliphatic rings. The number of thiophene rings is 1. The van der Waals surface area contributed by atoms with Crippen LogP contribution in [0.5, 0.6) is 0 Å². The molecule has 1 aromatic heterocycles. The second-order valence-corrected chi connectivity index (χ2v) is 7.00. The molecule has 1 fully saturated rings. The van der Waals surface area contributed by atoms with Crippen LogP contribution in [0, 0.1) is 11.8 Å². The standard InChI is InChI=1S/C15H22N2OS/c1-10-7-13(10)15(18)16-8-11(2)17-5-3-14-12(9-17)4-6-19-14/h4,6,10-11,13H,3,5,7-9H2,1-2H3,(H,16,18). The lowest BCUT2D eigenvalue weighted by Crippen LogP contribution is -2.44. The van der Waals surface area contributed by atoms with Crippen molar-refractivity contribution in [3.8, 4) is 0 Å². The summed E-state index contributed by atoms with van der Waals surface area (Å²) in [7, 11) is 0. The van der Waals surface area contributed by atoms with Gasteiger partial charge in [-0.05, 0) is 42.7 Å². The topological polar surface area (TPSA) is 32.3 Å². The van der Waals surface area contributed by atoms with E-state index < -0.39 is 0 Å². The van der Waals surface area contributed by atoms with E-state index in [0.717, 1.165) is 32.5 Å². The Morgan fingerprint density at radius 3 is 3.16 bits per heavy atom. The summed E-state index contributed by atoms with van der Waals surface area (Å²) in [6, 6.07) is 2.66. The summed E-state index contributed by atoms with van der Waals surface area (Å²) < 4.78 is 0. The fourth-order valence-corrected chi connectivity index (χ4v) is 3.73. The summed E-state index contributed by atoms with van der Waals surface area (Å²) in [6.45, 7) is 7.30. The Labute approximate surface area is 119 Å². The van der Waals surface area contributed by atoms with Crippen LogP contribution >= 0.6 is 11.3 Å². The largest absolute Gasteiger partial charge is 0.354 e. The van der Waals surface area contributed by atoms with Crippen LogP contribution in [0.2, 0.25) is 0 Å². The first-order chi connectivity index (χ1) is 9.15. The van der Waals surface area contributed by atoms with Crippen molar-refractivity contribution in [2.75, 3.05) is 13.1 Å². The first-order valence-electron chi connectivity index (χ1n) is 7.22. The van der Waals surface area contributed by atoms with Crippen molar-refractivity contribution in [3.63, 3.8) is 0 Å². The highest BCUT2D eigenvalue weighted by atomic mass is 32.1. The maximum Gasteiger partial charge on any atom is 0.223 e. The van der Waals surface area contributed by atoms with Crippen molar-refractivity contribution in [1.29, 1.82) is 0 Å². The van der Waals surface area contributed by atoms with Crippen LogP contribution in [0.15, 0.2) is 11.4 Å². The average Bonchev–Trinajstić information content (AvgIpc) is 2.97. The fraction of sp³-hybridized carbons (Fsp3) is 0.667. The molecule has 19 heavy (non-hydrogen) atoms. The molecule has 0 radical (unpaired) electrons. The number of hydrogen-bond acceptors (Lipinski definition) is 3. The van der Waals surface area contributed by atoms with Gasteiger partial charge in [0.15, 0.2) is 0 Å². The van der Waals surface area contributed by atoms with Crippen molar-refractivity contribution in [2.24, 2.45) is 11.8 Å². The number of rotatable bonds is 4. The molecule has 0 bridgehead atoms. The first kappa shape index (κ1) is 13.1. The predicted molar refractivity (Wildman–Crippen MR) is 78.2 cm³/mol. The molecule has 3 rings (SSSR count). The fourth-order valence-electron chi connectivity index (χ4n) is 2.84. The Morgan fingerprint density at radius 2 is 2.42 bits per heavy atom. The van der Waals surface area contributed by atoms with E-state index in [1.165, 1.54) is 5.56 Å². The summed E-state index contributed by atoms with van der Waals surface area (Å²) in [5.41, 5.74) is 1.48.